The van der Waals surface area contributed by atoms with Crippen molar-refractivity contribution in [2.24, 2.45) is 0 Å². The molecule has 0 fully saturated rings. The molecule has 3 amide bonds. The van der Waals surface area contributed by atoms with Crippen molar-refractivity contribution < 1.29 is 19.1 Å². The minimum Gasteiger partial charge on any atom is -0.453 e. The van der Waals surface area contributed by atoms with Crippen LogP contribution in [0.15, 0.2) is 90.0 Å². The highest BCUT2D eigenvalue weighted by Crippen LogP contribution is 2.24. The van der Waals surface area contributed by atoms with Crippen molar-refractivity contribution in [2.45, 2.75) is 19.4 Å². The second kappa shape index (κ2) is 14.8. The average Bonchev–Trinajstić information content (AvgIpc) is 3.60. The third-order valence-electron chi connectivity index (χ3n) is 6.84. The molecule has 0 saturated carbocycles. The van der Waals surface area contributed by atoms with E-state index in [-0.39, 0.29) is 5.91 Å². The standard InChI is InChI=1S/C32H28ClN9O5/c1-19(43)35-24-9-3-20(4-10-24)15-27(37-30(44)14-7-22-16-23(33)8-13-29(22)42-18-34-40-41-42)28-17-26(31(45)39-38-28)21-5-11-25(12-6-21)36-32(46)47-2/h3-14,16-18,27H,15H2,1-2H3,(H,35,43)(H,36,46)(H,37,44)(H,39,45)/t27-/m0/s1. The first-order chi connectivity index (χ1) is 22.7. The predicted octanol–water partition coefficient (Wildman–Crippen LogP) is 4.32. The lowest BCUT2D eigenvalue weighted by Crippen LogP contribution is -2.30. The van der Waals surface area contributed by atoms with E-state index in [4.69, 9.17) is 11.6 Å². The van der Waals surface area contributed by atoms with E-state index < -0.39 is 23.6 Å². The highest BCUT2D eigenvalue weighted by Gasteiger charge is 2.19. The van der Waals surface area contributed by atoms with Crippen molar-refractivity contribution in [3.05, 3.63) is 117 Å². The molecule has 0 radical (unpaired) electrons. The molecule has 47 heavy (non-hydrogen) atoms. The van der Waals surface area contributed by atoms with Crippen molar-refractivity contribution in [3.63, 3.8) is 0 Å². The van der Waals surface area contributed by atoms with Crippen LogP contribution in [0.25, 0.3) is 22.9 Å². The monoisotopic (exact) mass is 653 g/mol. The number of carbonyl (C=O) groups is 3. The van der Waals surface area contributed by atoms with E-state index in [9.17, 15) is 19.2 Å². The van der Waals surface area contributed by atoms with Gasteiger partial charge in [0.1, 0.15) is 6.33 Å². The van der Waals surface area contributed by atoms with Crippen LogP contribution in [0.3, 0.4) is 0 Å². The Hall–Kier alpha value is -6.15. The lowest BCUT2D eigenvalue weighted by atomic mass is 9.99. The number of nitrogens with zero attached hydrogens (tertiary/aromatic N) is 5. The van der Waals surface area contributed by atoms with Gasteiger partial charge in [-0.3, -0.25) is 19.7 Å². The van der Waals surface area contributed by atoms with Crippen LogP contribution in [-0.2, 0) is 20.7 Å². The maximum absolute atomic E-state index is 13.4. The number of aromatic amines is 1. The zero-order valence-electron chi connectivity index (χ0n) is 25.1. The van der Waals surface area contributed by atoms with E-state index in [0.717, 1.165) is 5.56 Å². The summed E-state index contributed by atoms with van der Waals surface area (Å²) in [5, 5.41) is 26.8. The van der Waals surface area contributed by atoms with Crippen molar-refractivity contribution in [3.8, 4) is 16.8 Å². The van der Waals surface area contributed by atoms with Crippen LogP contribution >= 0.6 is 11.6 Å². The molecular weight excluding hydrogens is 626 g/mol. The van der Waals surface area contributed by atoms with E-state index in [1.807, 2.05) is 12.1 Å². The number of benzene rings is 3. The van der Waals surface area contributed by atoms with Gasteiger partial charge in [-0.25, -0.2) is 9.89 Å². The molecule has 5 rings (SSSR count). The van der Waals surface area contributed by atoms with Gasteiger partial charge in [0.25, 0.3) is 5.56 Å². The highest BCUT2D eigenvalue weighted by molar-refractivity contribution is 6.30. The molecule has 4 N–H and O–H groups in total. The van der Waals surface area contributed by atoms with Gasteiger partial charge in [-0.2, -0.15) is 9.78 Å². The fourth-order valence-electron chi connectivity index (χ4n) is 4.63. The molecule has 238 valence electrons. The fraction of sp³-hybridized carbons (Fsp3) is 0.125. The lowest BCUT2D eigenvalue weighted by molar-refractivity contribution is -0.117. The van der Waals surface area contributed by atoms with E-state index in [1.54, 1.807) is 66.7 Å². The zero-order valence-corrected chi connectivity index (χ0v) is 25.9. The molecule has 15 heteroatoms. The van der Waals surface area contributed by atoms with E-state index in [1.165, 1.54) is 31.1 Å². The molecule has 2 heterocycles. The number of H-pyrrole nitrogens is 1. The third-order valence-corrected chi connectivity index (χ3v) is 7.07. The Labute approximate surface area is 272 Å². The molecule has 1 atom stereocenters. The number of halogens is 1. The maximum atomic E-state index is 13.4. The Bertz CT molecular complexity index is 1980. The smallest absolute Gasteiger partial charge is 0.411 e. The number of carbonyl (C=O) groups excluding carboxylic acids is 3. The normalized spacial score (nSPS) is 11.6. The van der Waals surface area contributed by atoms with Crippen molar-refractivity contribution in [2.75, 3.05) is 17.7 Å². The van der Waals surface area contributed by atoms with E-state index in [0.29, 0.717) is 50.9 Å². The molecular formula is C32H28ClN9O5. The first kappa shape index (κ1) is 32.2. The van der Waals surface area contributed by atoms with Crippen LogP contribution in [0.5, 0.6) is 0 Å². The molecule has 0 aliphatic heterocycles. The number of methoxy groups -OCH3 is 1. The molecule has 3 aromatic carbocycles. The first-order valence-electron chi connectivity index (χ1n) is 14.1. The van der Waals surface area contributed by atoms with Crippen LogP contribution in [-0.4, -0.2) is 55.4 Å². The lowest BCUT2D eigenvalue weighted by Gasteiger charge is -2.18. The van der Waals surface area contributed by atoms with Crippen LogP contribution < -0.4 is 21.5 Å². The molecule has 5 aromatic rings. The molecule has 14 nitrogen and oxygen atoms in total. The van der Waals surface area contributed by atoms with Crippen molar-refractivity contribution >= 4 is 47.0 Å². The van der Waals surface area contributed by atoms with Gasteiger partial charge in [0, 0.05) is 35.0 Å². The summed E-state index contributed by atoms with van der Waals surface area (Å²) >= 11 is 6.22. The summed E-state index contributed by atoms with van der Waals surface area (Å²) in [7, 11) is 1.26. The largest absolute Gasteiger partial charge is 0.453 e. The number of rotatable bonds is 10. The van der Waals surface area contributed by atoms with Gasteiger partial charge in [-0.15, -0.1) is 5.10 Å². The molecule has 0 spiro atoms. The van der Waals surface area contributed by atoms with Gasteiger partial charge in [0.2, 0.25) is 11.8 Å². The summed E-state index contributed by atoms with van der Waals surface area (Å²) in [4.78, 5) is 49.2. The van der Waals surface area contributed by atoms with Crippen LogP contribution in [0.4, 0.5) is 16.2 Å². The Balaban J connectivity index is 1.44. The molecule has 0 aliphatic carbocycles. The van der Waals surface area contributed by atoms with E-state index in [2.05, 4.69) is 46.4 Å². The summed E-state index contributed by atoms with van der Waals surface area (Å²) in [6, 6.07) is 19.8. The average molecular weight is 654 g/mol. The van der Waals surface area contributed by atoms with Gasteiger partial charge < -0.3 is 15.4 Å². The van der Waals surface area contributed by atoms with Gasteiger partial charge in [-0.05, 0) is 82.6 Å². The minimum atomic E-state index is -0.687. The number of anilines is 2. The first-order valence-corrected chi connectivity index (χ1v) is 14.5. The molecule has 0 bridgehead atoms. The molecule has 0 unspecified atom stereocenters. The second-order valence-electron chi connectivity index (χ2n) is 10.2. The number of hydrogen-bond donors (Lipinski definition) is 4. The summed E-state index contributed by atoms with van der Waals surface area (Å²) in [6.07, 6.45) is 4.05. The summed E-state index contributed by atoms with van der Waals surface area (Å²) < 4.78 is 6.07. The number of tetrazole rings is 1. The fourth-order valence-corrected chi connectivity index (χ4v) is 4.81. The van der Waals surface area contributed by atoms with Gasteiger partial charge in [0.15, 0.2) is 0 Å². The van der Waals surface area contributed by atoms with Gasteiger partial charge in [-0.1, -0.05) is 35.9 Å². The predicted molar refractivity (Wildman–Crippen MR) is 175 cm³/mol. The molecule has 2 aromatic heterocycles. The Morgan fingerprint density at radius 2 is 1.72 bits per heavy atom. The van der Waals surface area contributed by atoms with Crippen LogP contribution in [0, 0.1) is 0 Å². The zero-order chi connectivity index (χ0) is 33.3. The second-order valence-corrected chi connectivity index (χ2v) is 10.6. The van der Waals surface area contributed by atoms with Gasteiger partial charge >= 0.3 is 6.09 Å². The number of ether oxygens (including phenoxy) is 1. The van der Waals surface area contributed by atoms with Gasteiger partial charge in [0.05, 0.1) is 30.1 Å². The summed E-state index contributed by atoms with van der Waals surface area (Å²) in [5.74, 6) is -0.642. The van der Waals surface area contributed by atoms with Crippen LogP contribution in [0.1, 0.15) is 29.8 Å². The Morgan fingerprint density at radius 1 is 1.00 bits per heavy atom. The summed E-state index contributed by atoms with van der Waals surface area (Å²) in [6.45, 7) is 1.42. The van der Waals surface area contributed by atoms with Crippen molar-refractivity contribution in [1.29, 1.82) is 0 Å². The Morgan fingerprint density at radius 3 is 2.40 bits per heavy atom. The molecule has 0 saturated heterocycles. The SMILES string of the molecule is COC(=O)Nc1ccc(-c2cc([C@H](Cc3ccc(NC(C)=O)cc3)NC(=O)C=Cc3cc(Cl)ccc3-n3cnnn3)n[nH]c2=O)cc1. The topological polar surface area (TPSA) is 186 Å². The Kier molecular flexibility index (Phi) is 10.1. The number of aromatic nitrogens is 6. The quantitative estimate of drug-likeness (QED) is 0.159. The minimum absolute atomic E-state index is 0.197. The van der Waals surface area contributed by atoms with Crippen molar-refractivity contribution in [1.82, 2.24) is 35.7 Å². The third kappa shape index (κ3) is 8.52. The number of amides is 3. The summed E-state index contributed by atoms with van der Waals surface area (Å²) in [5.41, 5.74) is 3.96. The highest BCUT2D eigenvalue weighted by atomic mass is 35.5. The van der Waals surface area contributed by atoms with Crippen LogP contribution in [0.2, 0.25) is 5.02 Å². The number of nitrogens with one attached hydrogen (secondary N) is 4. The maximum Gasteiger partial charge on any atom is 0.411 e. The number of hydrogen-bond acceptors (Lipinski definition) is 9. The molecule has 0 aliphatic rings. The van der Waals surface area contributed by atoms with E-state index >= 15 is 0 Å².